The maximum absolute atomic E-state index is 12.3. The van der Waals surface area contributed by atoms with Crippen LogP contribution >= 0.6 is 15.9 Å². The van der Waals surface area contributed by atoms with Crippen molar-refractivity contribution in [1.29, 1.82) is 0 Å². The number of carbonyl (C=O) groups excluding carboxylic acids is 2. The van der Waals surface area contributed by atoms with Gasteiger partial charge in [-0.05, 0) is 43.3 Å². The number of hydrogen-bond acceptors (Lipinski definition) is 3. The molecule has 2 rings (SSSR count). The number of amides is 2. The highest BCUT2D eigenvalue weighted by molar-refractivity contribution is 9.10. The first kappa shape index (κ1) is 16.0. The molecule has 114 valence electrons. The zero-order valence-corrected chi connectivity index (χ0v) is 13.5. The Morgan fingerprint density at radius 2 is 1.73 bits per heavy atom. The van der Waals surface area contributed by atoms with Crippen molar-refractivity contribution < 1.29 is 14.3 Å². The SMILES string of the molecule is CCOC(=O)Nc1ccccc1C(=O)Nc1ccc(Br)cc1. The van der Waals surface area contributed by atoms with E-state index in [1.807, 2.05) is 12.1 Å². The topological polar surface area (TPSA) is 67.4 Å². The zero-order valence-electron chi connectivity index (χ0n) is 11.9. The molecule has 2 amide bonds. The highest BCUT2D eigenvalue weighted by Gasteiger charge is 2.13. The van der Waals surface area contributed by atoms with Crippen LogP contribution in [0.5, 0.6) is 0 Å². The highest BCUT2D eigenvalue weighted by atomic mass is 79.9. The van der Waals surface area contributed by atoms with Crippen LogP contribution in [0.2, 0.25) is 0 Å². The van der Waals surface area contributed by atoms with E-state index in [0.29, 0.717) is 16.9 Å². The Balaban J connectivity index is 2.15. The number of carbonyl (C=O) groups is 2. The Bertz CT molecular complexity index is 671. The van der Waals surface area contributed by atoms with Crippen LogP contribution < -0.4 is 10.6 Å². The van der Waals surface area contributed by atoms with Crippen molar-refractivity contribution >= 4 is 39.3 Å². The summed E-state index contributed by atoms with van der Waals surface area (Å²) in [5, 5.41) is 5.34. The molecule has 2 aromatic carbocycles. The van der Waals surface area contributed by atoms with Gasteiger partial charge in [-0.25, -0.2) is 4.79 Å². The van der Waals surface area contributed by atoms with Crippen molar-refractivity contribution in [2.45, 2.75) is 6.92 Å². The fraction of sp³-hybridized carbons (Fsp3) is 0.125. The Morgan fingerprint density at radius 3 is 2.41 bits per heavy atom. The largest absolute Gasteiger partial charge is 0.450 e. The van der Waals surface area contributed by atoms with Crippen LogP contribution in [0.15, 0.2) is 53.0 Å². The molecule has 0 atom stereocenters. The monoisotopic (exact) mass is 362 g/mol. The van der Waals surface area contributed by atoms with Gasteiger partial charge in [0.15, 0.2) is 0 Å². The van der Waals surface area contributed by atoms with Crippen LogP contribution in [-0.4, -0.2) is 18.6 Å². The maximum Gasteiger partial charge on any atom is 0.411 e. The number of anilines is 2. The number of hydrogen-bond donors (Lipinski definition) is 2. The van der Waals surface area contributed by atoms with Crippen LogP contribution in [-0.2, 0) is 4.74 Å². The number of rotatable bonds is 4. The zero-order chi connectivity index (χ0) is 15.9. The summed E-state index contributed by atoms with van der Waals surface area (Å²) in [6, 6.07) is 14.0. The molecule has 0 aromatic heterocycles. The Morgan fingerprint density at radius 1 is 1.05 bits per heavy atom. The lowest BCUT2D eigenvalue weighted by Gasteiger charge is -2.11. The summed E-state index contributed by atoms with van der Waals surface area (Å²) in [4.78, 5) is 23.9. The highest BCUT2D eigenvalue weighted by Crippen LogP contribution is 2.19. The molecule has 0 saturated heterocycles. The lowest BCUT2D eigenvalue weighted by atomic mass is 10.1. The molecule has 2 aromatic rings. The van der Waals surface area contributed by atoms with Gasteiger partial charge in [-0.3, -0.25) is 10.1 Å². The second-order valence-corrected chi connectivity index (χ2v) is 5.27. The van der Waals surface area contributed by atoms with E-state index < -0.39 is 6.09 Å². The minimum Gasteiger partial charge on any atom is -0.450 e. The molecule has 0 radical (unpaired) electrons. The molecule has 0 bridgehead atoms. The summed E-state index contributed by atoms with van der Waals surface area (Å²) in [6.07, 6.45) is -0.591. The molecule has 0 fully saturated rings. The molecule has 0 saturated carbocycles. The van der Waals surface area contributed by atoms with Gasteiger partial charge in [0.05, 0.1) is 17.9 Å². The number of halogens is 1. The Labute approximate surface area is 136 Å². The van der Waals surface area contributed by atoms with Gasteiger partial charge in [0.2, 0.25) is 0 Å². The Hall–Kier alpha value is -2.34. The number of para-hydroxylation sites is 1. The molecular formula is C16H15BrN2O3. The second kappa shape index (κ2) is 7.61. The average Bonchev–Trinajstić information content (AvgIpc) is 2.50. The van der Waals surface area contributed by atoms with Crippen molar-refractivity contribution in [3.05, 3.63) is 58.6 Å². The van der Waals surface area contributed by atoms with Gasteiger partial charge in [0.1, 0.15) is 0 Å². The van der Waals surface area contributed by atoms with Crippen molar-refractivity contribution in [2.75, 3.05) is 17.2 Å². The molecule has 0 spiro atoms. The van der Waals surface area contributed by atoms with Gasteiger partial charge in [-0.2, -0.15) is 0 Å². The number of benzene rings is 2. The smallest absolute Gasteiger partial charge is 0.411 e. The summed E-state index contributed by atoms with van der Waals surface area (Å²) in [6.45, 7) is 1.98. The van der Waals surface area contributed by atoms with E-state index in [4.69, 9.17) is 4.74 Å². The first-order valence-electron chi connectivity index (χ1n) is 6.70. The third kappa shape index (κ3) is 4.33. The molecule has 22 heavy (non-hydrogen) atoms. The van der Waals surface area contributed by atoms with E-state index >= 15 is 0 Å². The fourth-order valence-corrected chi connectivity index (χ4v) is 2.06. The summed E-state index contributed by atoms with van der Waals surface area (Å²) in [5.41, 5.74) is 1.42. The first-order valence-corrected chi connectivity index (χ1v) is 7.49. The molecule has 0 aliphatic carbocycles. The second-order valence-electron chi connectivity index (χ2n) is 4.35. The third-order valence-corrected chi connectivity index (χ3v) is 3.31. The van der Waals surface area contributed by atoms with Crippen LogP contribution in [0.4, 0.5) is 16.2 Å². The normalized spacial score (nSPS) is 9.91. The predicted molar refractivity (Wildman–Crippen MR) is 89.2 cm³/mol. The van der Waals surface area contributed by atoms with Gasteiger partial charge >= 0.3 is 6.09 Å². The van der Waals surface area contributed by atoms with Gasteiger partial charge in [-0.15, -0.1) is 0 Å². The van der Waals surface area contributed by atoms with Crippen LogP contribution in [0.1, 0.15) is 17.3 Å². The van der Waals surface area contributed by atoms with Crippen molar-refractivity contribution in [2.24, 2.45) is 0 Å². The molecule has 0 aliphatic rings. The number of ether oxygens (including phenoxy) is 1. The first-order chi connectivity index (χ1) is 10.6. The van der Waals surface area contributed by atoms with Gasteiger partial charge in [0.25, 0.3) is 5.91 Å². The van der Waals surface area contributed by atoms with Crippen LogP contribution in [0.25, 0.3) is 0 Å². The molecule has 0 aliphatic heterocycles. The molecule has 5 nitrogen and oxygen atoms in total. The molecule has 2 N–H and O–H groups in total. The summed E-state index contributed by atoms with van der Waals surface area (Å²) in [7, 11) is 0. The van der Waals surface area contributed by atoms with E-state index in [1.54, 1.807) is 43.3 Å². The number of nitrogens with one attached hydrogen (secondary N) is 2. The van der Waals surface area contributed by atoms with E-state index in [2.05, 4.69) is 26.6 Å². The minimum atomic E-state index is -0.591. The summed E-state index contributed by atoms with van der Waals surface area (Å²) >= 11 is 3.34. The standard InChI is InChI=1S/C16H15BrN2O3/c1-2-22-16(21)19-14-6-4-3-5-13(14)15(20)18-12-9-7-11(17)8-10-12/h3-10H,2H2,1H3,(H,18,20)(H,19,21). The summed E-state index contributed by atoms with van der Waals surface area (Å²) < 4.78 is 5.75. The quantitative estimate of drug-likeness (QED) is 0.853. The lowest BCUT2D eigenvalue weighted by Crippen LogP contribution is -2.18. The van der Waals surface area contributed by atoms with E-state index in [9.17, 15) is 9.59 Å². The van der Waals surface area contributed by atoms with E-state index in [1.165, 1.54) is 0 Å². The molecule has 0 unspecified atom stereocenters. The predicted octanol–water partition coefficient (Wildman–Crippen LogP) is 4.27. The molecule has 0 heterocycles. The average molecular weight is 363 g/mol. The maximum atomic E-state index is 12.3. The molecular weight excluding hydrogens is 348 g/mol. The van der Waals surface area contributed by atoms with Crippen molar-refractivity contribution in [3.8, 4) is 0 Å². The van der Waals surface area contributed by atoms with E-state index in [0.717, 1.165) is 4.47 Å². The van der Waals surface area contributed by atoms with Gasteiger partial charge in [0, 0.05) is 10.2 Å². The van der Waals surface area contributed by atoms with Crippen molar-refractivity contribution in [1.82, 2.24) is 0 Å². The van der Waals surface area contributed by atoms with E-state index in [-0.39, 0.29) is 12.5 Å². The lowest BCUT2D eigenvalue weighted by molar-refractivity contribution is 0.102. The molecule has 6 heteroatoms. The van der Waals surface area contributed by atoms with Crippen LogP contribution in [0.3, 0.4) is 0 Å². The Kier molecular flexibility index (Phi) is 5.55. The summed E-state index contributed by atoms with van der Waals surface area (Å²) in [5.74, 6) is -0.310. The fourth-order valence-electron chi connectivity index (χ4n) is 1.80. The third-order valence-electron chi connectivity index (χ3n) is 2.79. The van der Waals surface area contributed by atoms with Gasteiger partial charge in [-0.1, -0.05) is 28.1 Å². The minimum absolute atomic E-state index is 0.263. The van der Waals surface area contributed by atoms with Crippen molar-refractivity contribution in [3.63, 3.8) is 0 Å². The van der Waals surface area contributed by atoms with Gasteiger partial charge < -0.3 is 10.1 Å². The van der Waals surface area contributed by atoms with Crippen LogP contribution in [0, 0.1) is 0 Å².